The summed E-state index contributed by atoms with van der Waals surface area (Å²) >= 11 is 0. The van der Waals surface area contributed by atoms with Gasteiger partial charge in [0.05, 0.1) is 17.5 Å². The van der Waals surface area contributed by atoms with Crippen LogP contribution in [0.1, 0.15) is 30.1 Å². The van der Waals surface area contributed by atoms with E-state index in [4.69, 9.17) is 0 Å². The molecule has 2 amide bonds. The van der Waals surface area contributed by atoms with E-state index in [2.05, 4.69) is 12.2 Å². The highest BCUT2D eigenvalue weighted by Crippen LogP contribution is 2.50. The van der Waals surface area contributed by atoms with Crippen molar-refractivity contribution in [2.24, 2.45) is 23.7 Å². The summed E-state index contributed by atoms with van der Waals surface area (Å²) in [6.07, 6.45) is 6.19. The molecule has 0 spiro atoms. The van der Waals surface area contributed by atoms with Gasteiger partial charge in [-0.2, -0.15) is 0 Å². The molecule has 1 saturated carbocycles. The van der Waals surface area contributed by atoms with Crippen LogP contribution in [0.4, 0.5) is 5.69 Å². The number of hydrogen-bond donors (Lipinski definition) is 0. The van der Waals surface area contributed by atoms with Crippen LogP contribution in [0.5, 0.6) is 0 Å². The van der Waals surface area contributed by atoms with Crippen LogP contribution in [-0.2, 0) is 9.59 Å². The van der Waals surface area contributed by atoms with Crippen molar-refractivity contribution in [2.75, 3.05) is 4.90 Å². The smallest absolute Gasteiger partial charge is 0.238 e. The number of fused-ring (bicyclic) bond motifs is 1. The van der Waals surface area contributed by atoms with E-state index in [0.717, 1.165) is 12.8 Å². The Labute approximate surface area is 128 Å². The highest BCUT2D eigenvalue weighted by molar-refractivity contribution is 6.22. The maximum absolute atomic E-state index is 12.8. The molecule has 4 atom stereocenters. The van der Waals surface area contributed by atoms with Crippen LogP contribution in [0.25, 0.3) is 0 Å². The molecule has 5 rings (SSSR count). The third kappa shape index (κ3) is 1.73. The molecular weight excluding hydrogens is 278 g/mol. The number of hydrogen-bond acceptors (Lipinski definition) is 3. The number of Topliss-reactive ketones (excluding diaryl/α,β-unsaturated/α-hetero) is 1. The second-order valence-corrected chi connectivity index (χ2v) is 6.46. The van der Waals surface area contributed by atoms with Gasteiger partial charge in [-0.1, -0.05) is 24.3 Å². The van der Waals surface area contributed by atoms with Crippen molar-refractivity contribution in [1.29, 1.82) is 0 Å². The minimum atomic E-state index is -0.211. The summed E-state index contributed by atoms with van der Waals surface area (Å²) in [5.41, 5.74) is 1.05. The lowest BCUT2D eigenvalue weighted by molar-refractivity contribution is -0.124. The molecular formula is C18H17NO3. The molecule has 4 aliphatic rings. The monoisotopic (exact) mass is 295 g/mol. The summed E-state index contributed by atoms with van der Waals surface area (Å²) in [7, 11) is 0. The zero-order chi connectivity index (χ0) is 15.4. The summed E-state index contributed by atoms with van der Waals surface area (Å²) in [6, 6.07) is 6.80. The van der Waals surface area contributed by atoms with Crippen molar-refractivity contribution >= 4 is 23.3 Å². The van der Waals surface area contributed by atoms with Crippen molar-refractivity contribution in [3.05, 3.63) is 42.0 Å². The third-order valence-corrected chi connectivity index (χ3v) is 5.27. The van der Waals surface area contributed by atoms with Gasteiger partial charge in [0.2, 0.25) is 11.8 Å². The molecule has 0 radical (unpaired) electrons. The van der Waals surface area contributed by atoms with Gasteiger partial charge in [-0.25, -0.2) is 4.90 Å². The summed E-state index contributed by atoms with van der Waals surface area (Å²) in [4.78, 5) is 38.5. The van der Waals surface area contributed by atoms with Gasteiger partial charge in [-0.05, 0) is 43.7 Å². The summed E-state index contributed by atoms with van der Waals surface area (Å²) in [6.45, 7) is 1.48. The zero-order valence-corrected chi connectivity index (χ0v) is 12.4. The number of allylic oxidation sites excluding steroid dienone is 2. The van der Waals surface area contributed by atoms with Crippen molar-refractivity contribution in [3.8, 4) is 0 Å². The standard InChI is InChI=1S/C18H17NO3/c1-10(20)13-3-2-4-14(9-13)19-17(21)15-11-5-6-12(8-7-11)16(15)18(19)22/h2-6,9,11-12,15-16H,7-8H2,1H3/t11-,12-,15-,16+/m1/s1. The largest absolute Gasteiger partial charge is 0.295 e. The Hall–Kier alpha value is -2.23. The van der Waals surface area contributed by atoms with Crippen LogP contribution in [0.3, 0.4) is 0 Å². The molecule has 22 heavy (non-hydrogen) atoms. The number of carbonyl (C=O) groups excluding carboxylic acids is 3. The Morgan fingerprint density at radius 3 is 2.14 bits per heavy atom. The third-order valence-electron chi connectivity index (χ3n) is 5.27. The number of imide groups is 1. The summed E-state index contributed by atoms with van der Waals surface area (Å²) < 4.78 is 0. The van der Waals surface area contributed by atoms with Crippen molar-refractivity contribution in [1.82, 2.24) is 0 Å². The van der Waals surface area contributed by atoms with Crippen LogP contribution in [0, 0.1) is 23.7 Å². The Morgan fingerprint density at radius 1 is 1.05 bits per heavy atom. The topological polar surface area (TPSA) is 54.5 Å². The van der Waals surface area contributed by atoms with E-state index in [0.29, 0.717) is 11.3 Å². The molecule has 1 aliphatic heterocycles. The number of nitrogens with zero attached hydrogens (tertiary/aromatic N) is 1. The quantitative estimate of drug-likeness (QED) is 0.479. The van der Waals surface area contributed by atoms with Crippen LogP contribution < -0.4 is 4.90 Å². The number of rotatable bonds is 2. The first kappa shape index (κ1) is 13.4. The number of carbonyl (C=O) groups is 3. The van der Waals surface area contributed by atoms with E-state index in [9.17, 15) is 14.4 Å². The normalized spacial score (nSPS) is 32.5. The average Bonchev–Trinajstić information content (AvgIpc) is 2.82. The SMILES string of the molecule is CC(=O)c1cccc(N2C(=O)[C@@H]3[C@H](C2=O)[C@@H]2C=C[C@@H]3CC2)c1. The van der Waals surface area contributed by atoms with Crippen molar-refractivity contribution in [3.63, 3.8) is 0 Å². The number of anilines is 1. The number of amides is 2. The fraction of sp³-hybridized carbons (Fsp3) is 0.389. The second-order valence-electron chi connectivity index (χ2n) is 6.46. The highest BCUT2D eigenvalue weighted by atomic mass is 16.2. The molecule has 1 aromatic rings. The number of ketones is 1. The fourth-order valence-electron chi connectivity index (χ4n) is 4.19. The van der Waals surface area contributed by atoms with Crippen LogP contribution >= 0.6 is 0 Å². The number of benzene rings is 1. The van der Waals surface area contributed by atoms with Crippen molar-refractivity contribution in [2.45, 2.75) is 19.8 Å². The fourth-order valence-corrected chi connectivity index (χ4v) is 4.19. The molecule has 1 aromatic carbocycles. The minimum absolute atomic E-state index is 0.0694. The highest BCUT2D eigenvalue weighted by Gasteiger charge is 2.56. The molecule has 1 heterocycles. The Kier molecular flexibility index (Phi) is 2.83. The first-order chi connectivity index (χ1) is 10.6. The Morgan fingerprint density at radius 2 is 1.64 bits per heavy atom. The lowest BCUT2D eigenvalue weighted by Gasteiger charge is -2.38. The lowest BCUT2D eigenvalue weighted by atomic mass is 9.63. The van der Waals surface area contributed by atoms with Gasteiger partial charge in [0.25, 0.3) is 0 Å². The van der Waals surface area contributed by atoms with Gasteiger partial charge in [-0.3, -0.25) is 14.4 Å². The zero-order valence-electron chi connectivity index (χ0n) is 12.4. The predicted octanol–water partition coefficient (Wildman–Crippen LogP) is 2.59. The molecule has 3 aliphatic carbocycles. The van der Waals surface area contributed by atoms with E-state index in [-0.39, 0.29) is 41.3 Å². The van der Waals surface area contributed by atoms with E-state index in [1.165, 1.54) is 11.8 Å². The molecule has 4 nitrogen and oxygen atoms in total. The predicted molar refractivity (Wildman–Crippen MR) is 81.3 cm³/mol. The maximum Gasteiger partial charge on any atom is 0.238 e. The van der Waals surface area contributed by atoms with Gasteiger partial charge in [-0.15, -0.1) is 0 Å². The van der Waals surface area contributed by atoms with E-state index in [1.807, 2.05) is 0 Å². The summed E-state index contributed by atoms with van der Waals surface area (Å²) in [5.74, 6) is -0.320. The van der Waals surface area contributed by atoms with Gasteiger partial charge in [0.1, 0.15) is 0 Å². The van der Waals surface area contributed by atoms with Crippen LogP contribution in [0.2, 0.25) is 0 Å². The van der Waals surface area contributed by atoms with Gasteiger partial charge in [0.15, 0.2) is 5.78 Å². The van der Waals surface area contributed by atoms with E-state index < -0.39 is 0 Å². The van der Waals surface area contributed by atoms with Gasteiger partial charge in [0, 0.05) is 5.56 Å². The Bertz CT molecular complexity index is 689. The molecule has 1 saturated heterocycles. The summed E-state index contributed by atoms with van der Waals surface area (Å²) in [5, 5.41) is 0. The first-order valence-electron chi connectivity index (χ1n) is 7.75. The average molecular weight is 295 g/mol. The van der Waals surface area contributed by atoms with Crippen molar-refractivity contribution < 1.29 is 14.4 Å². The molecule has 2 bridgehead atoms. The van der Waals surface area contributed by atoms with Gasteiger partial charge >= 0.3 is 0 Å². The first-order valence-corrected chi connectivity index (χ1v) is 7.75. The lowest BCUT2D eigenvalue weighted by Crippen LogP contribution is -2.38. The molecule has 0 unspecified atom stereocenters. The van der Waals surface area contributed by atoms with E-state index in [1.54, 1.807) is 24.3 Å². The minimum Gasteiger partial charge on any atom is -0.295 e. The molecule has 2 fully saturated rings. The maximum atomic E-state index is 12.8. The molecule has 112 valence electrons. The molecule has 0 aromatic heterocycles. The van der Waals surface area contributed by atoms with Crippen LogP contribution in [0.15, 0.2) is 36.4 Å². The Balaban J connectivity index is 1.75. The molecule has 0 N–H and O–H groups in total. The molecule has 4 heteroatoms. The second kappa shape index (κ2) is 4.63. The van der Waals surface area contributed by atoms with Crippen LogP contribution in [-0.4, -0.2) is 17.6 Å². The van der Waals surface area contributed by atoms with E-state index >= 15 is 0 Å². The van der Waals surface area contributed by atoms with Gasteiger partial charge < -0.3 is 0 Å².